The number of sulfone groups is 1. The van der Waals surface area contributed by atoms with Crippen LogP contribution in [0.1, 0.15) is 22.0 Å². The molecule has 1 N–H and O–H groups in total. The summed E-state index contributed by atoms with van der Waals surface area (Å²) in [7, 11) is -3.63. The summed E-state index contributed by atoms with van der Waals surface area (Å²) in [4.78, 5) is 29.6. The van der Waals surface area contributed by atoms with E-state index in [-0.39, 0.29) is 16.7 Å². The van der Waals surface area contributed by atoms with Crippen LogP contribution in [0.5, 0.6) is 0 Å². The van der Waals surface area contributed by atoms with Gasteiger partial charge in [-0.3, -0.25) is 9.59 Å². The molecule has 10 heteroatoms. The van der Waals surface area contributed by atoms with Crippen LogP contribution in [0.15, 0.2) is 70.3 Å². The number of hydrogen-bond donors (Lipinski definition) is 1. The van der Waals surface area contributed by atoms with Gasteiger partial charge in [0.05, 0.1) is 16.1 Å². The number of rotatable bonds is 6. The van der Waals surface area contributed by atoms with Crippen molar-refractivity contribution in [3.05, 3.63) is 82.3 Å². The summed E-state index contributed by atoms with van der Waals surface area (Å²) < 4.78 is 38.0. The Labute approximate surface area is 201 Å². The van der Waals surface area contributed by atoms with E-state index in [4.69, 9.17) is 0 Å². The van der Waals surface area contributed by atoms with Crippen LogP contribution in [0.2, 0.25) is 0 Å². The summed E-state index contributed by atoms with van der Waals surface area (Å²) in [5, 5.41) is 6.38. The van der Waals surface area contributed by atoms with Crippen LogP contribution in [0, 0.1) is 5.82 Å². The summed E-state index contributed by atoms with van der Waals surface area (Å²) in [6, 6.07) is 13.6. The first kappa shape index (κ1) is 23.9. The largest absolute Gasteiger partial charge is 0.367 e. The molecule has 0 aliphatic carbocycles. The van der Waals surface area contributed by atoms with Gasteiger partial charge in [-0.05, 0) is 35.2 Å². The minimum absolute atomic E-state index is 0.0718. The van der Waals surface area contributed by atoms with Crippen molar-refractivity contribution in [3.8, 4) is 0 Å². The Balaban J connectivity index is 1.51. The van der Waals surface area contributed by atoms with E-state index in [1.165, 1.54) is 23.5 Å². The van der Waals surface area contributed by atoms with Gasteiger partial charge in [0, 0.05) is 37.8 Å². The highest BCUT2D eigenvalue weighted by Crippen LogP contribution is 2.28. The zero-order valence-electron chi connectivity index (χ0n) is 18.5. The zero-order chi connectivity index (χ0) is 24.3. The Morgan fingerprint density at radius 1 is 1.03 bits per heavy atom. The van der Waals surface area contributed by atoms with Gasteiger partial charge in [-0.15, -0.1) is 0 Å². The lowest BCUT2D eigenvalue weighted by Crippen LogP contribution is -2.52. The maximum absolute atomic E-state index is 13.7. The van der Waals surface area contributed by atoms with Gasteiger partial charge >= 0.3 is 0 Å². The van der Waals surface area contributed by atoms with E-state index < -0.39 is 21.7 Å². The first-order chi connectivity index (χ1) is 16.2. The molecule has 1 atom stereocenters. The molecular formula is C24H24FN3O4S2. The molecule has 1 aromatic heterocycles. The van der Waals surface area contributed by atoms with Gasteiger partial charge in [0.1, 0.15) is 11.9 Å². The molecule has 1 aliphatic heterocycles. The number of benzene rings is 2. The van der Waals surface area contributed by atoms with E-state index in [0.717, 1.165) is 12.3 Å². The highest BCUT2D eigenvalue weighted by Gasteiger charge is 2.31. The highest BCUT2D eigenvalue weighted by atomic mass is 32.2. The third-order valence-corrected chi connectivity index (χ3v) is 7.50. The van der Waals surface area contributed by atoms with Crippen molar-refractivity contribution in [1.29, 1.82) is 0 Å². The molecule has 34 heavy (non-hydrogen) atoms. The SMILES string of the molecule is CS(=O)(=O)c1cc(F)ccc1N1CCN(C(=O)C(NC(=O)c2ccsc2)c2ccccc2)CC1. The third-order valence-electron chi connectivity index (χ3n) is 5.69. The molecule has 2 aromatic carbocycles. The number of nitrogens with zero attached hydrogens (tertiary/aromatic N) is 2. The number of thiophene rings is 1. The van der Waals surface area contributed by atoms with Crippen molar-refractivity contribution in [3.63, 3.8) is 0 Å². The molecule has 0 spiro atoms. The second kappa shape index (κ2) is 9.94. The van der Waals surface area contributed by atoms with Crippen LogP contribution in [0.25, 0.3) is 0 Å². The van der Waals surface area contributed by atoms with Gasteiger partial charge < -0.3 is 15.1 Å². The normalized spacial score (nSPS) is 15.1. The Bertz CT molecular complexity index is 1270. The lowest BCUT2D eigenvalue weighted by molar-refractivity contribution is -0.133. The molecule has 1 unspecified atom stereocenters. The average molecular weight is 502 g/mol. The van der Waals surface area contributed by atoms with Gasteiger partial charge in [0.2, 0.25) is 5.91 Å². The second-order valence-electron chi connectivity index (χ2n) is 8.03. The smallest absolute Gasteiger partial charge is 0.253 e. The summed E-state index contributed by atoms with van der Waals surface area (Å²) >= 11 is 1.40. The molecular weight excluding hydrogens is 477 g/mol. The summed E-state index contributed by atoms with van der Waals surface area (Å²) in [6.45, 7) is 1.41. The quantitative estimate of drug-likeness (QED) is 0.561. The predicted molar refractivity (Wildman–Crippen MR) is 129 cm³/mol. The molecule has 4 rings (SSSR count). The van der Waals surface area contributed by atoms with E-state index in [1.54, 1.807) is 33.9 Å². The molecule has 0 saturated carbocycles. The summed E-state index contributed by atoms with van der Waals surface area (Å²) in [5.41, 5.74) is 1.59. The van der Waals surface area contributed by atoms with Crippen molar-refractivity contribution in [1.82, 2.24) is 10.2 Å². The maximum Gasteiger partial charge on any atom is 0.253 e. The number of carbonyl (C=O) groups is 2. The second-order valence-corrected chi connectivity index (χ2v) is 10.8. The number of anilines is 1. The fraction of sp³-hybridized carbons (Fsp3) is 0.250. The van der Waals surface area contributed by atoms with Crippen molar-refractivity contribution in [2.24, 2.45) is 0 Å². The number of amides is 2. The molecule has 3 aromatic rings. The molecule has 1 aliphatic rings. The maximum atomic E-state index is 13.7. The van der Waals surface area contributed by atoms with E-state index >= 15 is 0 Å². The Morgan fingerprint density at radius 2 is 1.74 bits per heavy atom. The van der Waals surface area contributed by atoms with E-state index in [0.29, 0.717) is 43.0 Å². The number of carbonyl (C=O) groups excluding carboxylic acids is 2. The van der Waals surface area contributed by atoms with Crippen LogP contribution in [-0.4, -0.2) is 57.6 Å². The van der Waals surface area contributed by atoms with Crippen LogP contribution in [0.3, 0.4) is 0 Å². The third kappa shape index (κ3) is 5.28. The average Bonchev–Trinajstić information content (AvgIpc) is 3.37. The van der Waals surface area contributed by atoms with Crippen LogP contribution in [-0.2, 0) is 14.6 Å². The van der Waals surface area contributed by atoms with Gasteiger partial charge in [-0.1, -0.05) is 30.3 Å². The Hall–Kier alpha value is -3.24. The van der Waals surface area contributed by atoms with Crippen molar-refractivity contribution < 1.29 is 22.4 Å². The molecule has 2 heterocycles. The monoisotopic (exact) mass is 501 g/mol. The first-order valence-corrected chi connectivity index (χ1v) is 13.5. The minimum Gasteiger partial charge on any atom is -0.367 e. The zero-order valence-corrected chi connectivity index (χ0v) is 20.1. The molecule has 0 radical (unpaired) electrons. The fourth-order valence-corrected chi connectivity index (χ4v) is 5.48. The topological polar surface area (TPSA) is 86.8 Å². The highest BCUT2D eigenvalue weighted by molar-refractivity contribution is 7.90. The molecule has 7 nitrogen and oxygen atoms in total. The standard InChI is InChI=1S/C24H24FN3O4S2/c1-34(31,32)21-15-19(25)7-8-20(21)27-10-12-28(13-11-27)24(30)22(17-5-3-2-4-6-17)26-23(29)18-9-14-33-16-18/h2-9,14-16,22H,10-13H2,1H3,(H,26,29). The Kier molecular flexibility index (Phi) is 6.99. The molecule has 2 amide bonds. The van der Waals surface area contributed by atoms with Gasteiger partial charge in [0.15, 0.2) is 9.84 Å². The molecule has 178 valence electrons. The number of halogens is 1. The summed E-state index contributed by atoms with van der Waals surface area (Å²) in [6.07, 6.45) is 1.05. The number of hydrogen-bond acceptors (Lipinski definition) is 6. The first-order valence-electron chi connectivity index (χ1n) is 10.7. The fourth-order valence-electron chi connectivity index (χ4n) is 3.94. The van der Waals surface area contributed by atoms with E-state index in [1.807, 2.05) is 23.1 Å². The Morgan fingerprint density at radius 3 is 2.35 bits per heavy atom. The minimum atomic E-state index is -3.63. The predicted octanol–water partition coefficient (Wildman–Crippen LogP) is 3.11. The van der Waals surface area contributed by atoms with Crippen LogP contribution < -0.4 is 10.2 Å². The lowest BCUT2D eigenvalue weighted by atomic mass is 10.0. The van der Waals surface area contributed by atoms with Crippen LogP contribution in [0.4, 0.5) is 10.1 Å². The summed E-state index contributed by atoms with van der Waals surface area (Å²) in [5.74, 6) is -1.19. The van der Waals surface area contributed by atoms with Crippen molar-refractivity contribution >= 4 is 38.7 Å². The van der Waals surface area contributed by atoms with Gasteiger partial charge in [0.25, 0.3) is 5.91 Å². The molecule has 1 saturated heterocycles. The van der Waals surface area contributed by atoms with E-state index in [9.17, 15) is 22.4 Å². The van der Waals surface area contributed by atoms with Crippen LogP contribution >= 0.6 is 11.3 Å². The van der Waals surface area contributed by atoms with Gasteiger partial charge in [-0.25, -0.2) is 12.8 Å². The number of piperazine rings is 1. The van der Waals surface area contributed by atoms with Crippen molar-refractivity contribution in [2.45, 2.75) is 10.9 Å². The molecule has 1 fully saturated rings. The lowest BCUT2D eigenvalue weighted by Gasteiger charge is -2.38. The molecule has 0 bridgehead atoms. The van der Waals surface area contributed by atoms with Crippen molar-refractivity contribution in [2.75, 3.05) is 37.3 Å². The number of nitrogens with one attached hydrogen (secondary N) is 1. The van der Waals surface area contributed by atoms with E-state index in [2.05, 4.69) is 5.32 Å². The van der Waals surface area contributed by atoms with Gasteiger partial charge in [-0.2, -0.15) is 11.3 Å².